The number of ketones is 1. The van der Waals surface area contributed by atoms with Crippen molar-refractivity contribution in [1.29, 1.82) is 0 Å². The van der Waals surface area contributed by atoms with Crippen LogP contribution < -0.4 is 0 Å². The number of morpholine rings is 1. The topological polar surface area (TPSA) is 132 Å². The van der Waals surface area contributed by atoms with E-state index >= 15 is 0 Å². The van der Waals surface area contributed by atoms with Gasteiger partial charge in [-0.25, -0.2) is 18.0 Å². The summed E-state index contributed by atoms with van der Waals surface area (Å²) in [6.45, 7) is 7.60. The fraction of sp³-hybridized carbons (Fsp3) is 0.435. The van der Waals surface area contributed by atoms with Crippen molar-refractivity contribution < 1.29 is 37.0 Å². The smallest absolute Gasteiger partial charge is 0.340 e. The van der Waals surface area contributed by atoms with E-state index in [1.54, 1.807) is 20.8 Å². The van der Waals surface area contributed by atoms with Gasteiger partial charge in [0.05, 0.1) is 41.5 Å². The molecule has 1 aromatic heterocycles. The van der Waals surface area contributed by atoms with Gasteiger partial charge in [0.25, 0.3) is 0 Å². The van der Waals surface area contributed by atoms with Gasteiger partial charge in [-0.2, -0.15) is 4.31 Å². The van der Waals surface area contributed by atoms with E-state index in [-0.39, 0.29) is 41.4 Å². The molecular weight excluding hydrogens is 464 g/mol. The lowest BCUT2D eigenvalue weighted by atomic mass is 10.1. The van der Waals surface area contributed by atoms with Gasteiger partial charge in [0.1, 0.15) is 0 Å². The van der Waals surface area contributed by atoms with E-state index in [0.717, 1.165) is 0 Å². The molecule has 1 N–H and O–H groups in total. The van der Waals surface area contributed by atoms with E-state index < -0.39 is 33.8 Å². The van der Waals surface area contributed by atoms with Gasteiger partial charge in [-0.1, -0.05) is 6.07 Å². The number of nitrogens with one attached hydrogen (secondary N) is 1. The van der Waals surface area contributed by atoms with Crippen LogP contribution in [0.5, 0.6) is 0 Å². The summed E-state index contributed by atoms with van der Waals surface area (Å²) in [6, 6.07) is 5.49. The van der Waals surface area contributed by atoms with Crippen LogP contribution >= 0.6 is 0 Å². The molecule has 0 radical (unpaired) electrons. The highest BCUT2D eigenvalue weighted by Crippen LogP contribution is 2.22. The number of carbonyl (C=O) groups excluding carboxylic acids is 3. The van der Waals surface area contributed by atoms with E-state index in [2.05, 4.69) is 4.98 Å². The van der Waals surface area contributed by atoms with Crippen molar-refractivity contribution >= 4 is 27.7 Å². The molecular formula is C23H28N2O8S. The molecule has 0 spiro atoms. The predicted octanol–water partition coefficient (Wildman–Crippen LogP) is 2.26. The molecule has 2 heterocycles. The molecule has 1 aromatic carbocycles. The quantitative estimate of drug-likeness (QED) is 0.438. The highest BCUT2D eigenvalue weighted by Gasteiger charge is 2.29. The standard InChI is InChI=1S/C23H28N2O8S/c1-5-32-23(28)19-14(2)20(24-15(19)3)21(26)16(4)33-22(27)17-7-6-8-18(13-17)34(29,30)25-9-11-31-12-10-25/h6-8,13,16,24H,5,9-12H2,1-4H3. The van der Waals surface area contributed by atoms with Gasteiger partial charge in [0.15, 0.2) is 6.10 Å². The Hall–Kier alpha value is -3.02. The Kier molecular flexibility index (Phi) is 7.90. The van der Waals surface area contributed by atoms with Gasteiger partial charge in [0.2, 0.25) is 15.8 Å². The minimum absolute atomic E-state index is 0.000542. The fourth-order valence-corrected chi connectivity index (χ4v) is 5.17. The number of aromatic amines is 1. The SMILES string of the molecule is CCOC(=O)c1c(C)[nH]c(C(=O)C(C)OC(=O)c2cccc(S(=O)(=O)N3CCOCC3)c2)c1C. The van der Waals surface area contributed by atoms with Crippen LogP contribution in [0.3, 0.4) is 0 Å². The second kappa shape index (κ2) is 10.5. The number of esters is 2. The molecule has 1 aliphatic rings. The Bertz CT molecular complexity index is 1200. The molecule has 0 amide bonds. The Balaban J connectivity index is 1.76. The monoisotopic (exact) mass is 492 g/mol. The van der Waals surface area contributed by atoms with E-state index in [1.165, 1.54) is 35.5 Å². The highest BCUT2D eigenvalue weighted by molar-refractivity contribution is 7.89. The summed E-state index contributed by atoms with van der Waals surface area (Å²) in [5.74, 6) is -1.91. The molecule has 1 unspecified atom stereocenters. The summed E-state index contributed by atoms with van der Waals surface area (Å²) in [5, 5.41) is 0. The lowest BCUT2D eigenvalue weighted by Crippen LogP contribution is -2.40. The maximum absolute atomic E-state index is 12.9. The van der Waals surface area contributed by atoms with Gasteiger partial charge in [0, 0.05) is 18.8 Å². The average Bonchev–Trinajstić information content (AvgIpc) is 3.13. The molecule has 10 nitrogen and oxygen atoms in total. The number of aryl methyl sites for hydroxylation is 1. The van der Waals surface area contributed by atoms with Crippen molar-refractivity contribution in [3.05, 3.63) is 52.3 Å². The van der Waals surface area contributed by atoms with Crippen LogP contribution in [0.1, 0.15) is 56.3 Å². The first-order valence-electron chi connectivity index (χ1n) is 10.9. The molecule has 1 aliphatic heterocycles. The number of Topliss-reactive ketones (excluding diaryl/α,β-unsaturated/α-hetero) is 1. The molecule has 34 heavy (non-hydrogen) atoms. The van der Waals surface area contributed by atoms with Crippen molar-refractivity contribution in [2.24, 2.45) is 0 Å². The second-order valence-electron chi connectivity index (χ2n) is 7.80. The first-order chi connectivity index (χ1) is 16.1. The predicted molar refractivity (Wildman–Crippen MR) is 121 cm³/mol. The van der Waals surface area contributed by atoms with E-state index in [9.17, 15) is 22.8 Å². The van der Waals surface area contributed by atoms with Crippen molar-refractivity contribution in [3.63, 3.8) is 0 Å². The Morgan fingerprint density at radius 3 is 2.47 bits per heavy atom. The van der Waals surface area contributed by atoms with Crippen LogP contribution in [0, 0.1) is 13.8 Å². The first-order valence-corrected chi connectivity index (χ1v) is 12.3. The third kappa shape index (κ3) is 5.21. The number of aromatic nitrogens is 1. The van der Waals surface area contributed by atoms with Crippen molar-refractivity contribution in [2.75, 3.05) is 32.9 Å². The van der Waals surface area contributed by atoms with Gasteiger partial charge >= 0.3 is 11.9 Å². The molecule has 1 saturated heterocycles. The summed E-state index contributed by atoms with van der Waals surface area (Å²) in [6.07, 6.45) is -1.18. The molecule has 184 valence electrons. The summed E-state index contributed by atoms with van der Waals surface area (Å²) in [5.41, 5.74) is 1.29. The van der Waals surface area contributed by atoms with Crippen molar-refractivity contribution in [3.8, 4) is 0 Å². The highest BCUT2D eigenvalue weighted by atomic mass is 32.2. The van der Waals surface area contributed by atoms with Crippen LogP contribution in [-0.4, -0.2) is 74.4 Å². The number of carbonyl (C=O) groups is 3. The summed E-state index contributed by atoms with van der Waals surface area (Å²) >= 11 is 0. The summed E-state index contributed by atoms with van der Waals surface area (Å²) in [4.78, 5) is 40.7. The molecule has 0 bridgehead atoms. The summed E-state index contributed by atoms with van der Waals surface area (Å²) < 4.78 is 42.6. The van der Waals surface area contributed by atoms with Crippen molar-refractivity contribution in [2.45, 2.75) is 38.7 Å². The normalized spacial score (nSPS) is 15.5. The van der Waals surface area contributed by atoms with E-state index in [0.29, 0.717) is 24.5 Å². The zero-order valence-corrected chi connectivity index (χ0v) is 20.4. The summed E-state index contributed by atoms with van der Waals surface area (Å²) in [7, 11) is -3.80. The fourth-order valence-electron chi connectivity index (χ4n) is 3.71. The molecule has 11 heteroatoms. The minimum atomic E-state index is -3.80. The number of nitrogens with zero attached hydrogens (tertiary/aromatic N) is 1. The molecule has 0 aliphatic carbocycles. The third-order valence-electron chi connectivity index (χ3n) is 5.49. The Labute approximate surface area is 198 Å². The van der Waals surface area contributed by atoms with Crippen LogP contribution in [-0.2, 0) is 24.2 Å². The van der Waals surface area contributed by atoms with E-state index in [1.807, 2.05) is 0 Å². The molecule has 3 rings (SSSR count). The van der Waals surface area contributed by atoms with Crippen molar-refractivity contribution in [1.82, 2.24) is 9.29 Å². The molecule has 1 atom stereocenters. The Morgan fingerprint density at radius 2 is 1.82 bits per heavy atom. The van der Waals surface area contributed by atoms with Gasteiger partial charge in [-0.05, 0) is 51.5 Å². The number of rotatable bonds is 8. The number of H-pyrrole nitrogens is 1. The average molecular weight is 493 g/mol. The lowest BCUT2D eigenvalue weighted by molar-refractivity contribution is 0.0316. The number of hydrogen-bond donors (Lipinski definition) is 1. The zero-order chi connectivity index (χ0) is 25.0. The largest absolute Gasteiger partial charge is 0.462 e. The number of hydrogen-bond acceptors (Lipinski definition) is 8. The maximum atomic E-state index is 12.9. The second-order valence-corrected chi connectivity index (χ2v) is 9.74. The van der Waals surface area contributed by atoms with Gasteiger partial charge in [-0.3, -0.25) is 4.79 Å². The molecule has 1 fully saturated rings. The van der Waals surface area contributed by atoms with Crippen LogP contribution in [0.4, 0.5) is 0 Å². The lowest BCUT2D eigenvalue weighted by Gasteiger charge is -2.26. The van der Waals surface area contributed by atoms with Gasteiger partial charge < -0.3 is 19.2 Å². The Morgan fingerprint density at radius 1 is 1.15 bits per heavy atom. The number of sulfonamides is 1. The van der Waals surface area contributed by atoms with Crippen LogP contribution in [0.25, 0.3) is 0 Å². The first kappa shape index (κ1) is 25.6. The minimum Gasteiger partial charge on any atom is -0.462 e. The van der Waals surface area contributed by atoms with E-state index in [4.69, 9.17) is 14.2 Å². The zero-order valence-electron chi connectivity index (χ0n) is 19.5. The van der Waals surface area contributed by atoms with Gasteiger partial charge in [-0.15, -0.1) is 0 Å². The maximum Gasteiger partial charge on any atom is 0.340 e. The third-order valence-corrected chi connectivity index (χ3v) is 7.39. The number of benzene rings is 1. The number of ether oxygens (including phenoxy) is 3. The van der Waals surface area contributed by atoms with Crippen LogP contribution in [0.2, 0.25) is 0 Å². The molecule has 0 saturated carbocycles. The molecule has 2 aromatic rings. The van der Waals surface area contributed by atoms with Crippen LogP contribution in [0.15, 0.2) is 29.2 Å².